The fraction of sp³-hybridized carbons (Fsp3) is 0.125. The van der Waals surface area contributed by atoms with Crippen molar-refractivity contribution in [1.29, 1.82) is 0 Å². The standard InChI is InChI=1S/C8H7N/c1-2-5-8-6-3-4-7-9-8/h3-4,6-7H,1H3/i1D3. The summed E-state index contributed by atoms with van der Waals surface area (Å²) < 4.78 is 20.4. The molecule has 1 rings (SSSR count). The molecule has 0 unspecified atom stereocenters. The van der Waals surface area contributed by atoms with Crippen molar-refractivity contribution in [2.24, 2.45) is 0 Å². The molecule has 0 radical (unpaired) electrons. The van der Waals surface area contributed by atoms with E-state index in [2.05, 4.69) is 16.8 Å². The molecule has 1 aromatic heterocycles. The van der Waals surface area contributed by atoms with Gasteiger partial charge in [0.25, 0.3) is 0 Å². The van der Waals surface area contributed by atoms with Gasteiger partial charge >= 0.3 is 0 Å². The predicted octanol–water partition coefficient (Wildman–Crippen LogP) is 1.45. The lowest BCUT2D eigenvalue weighted by atomic mass is 10.3. The van der Waals surface area contributed by atoms with Crippen molar-refractivity contribution in [3.8, 4) is 11.8 Å². The molecular weight excluding hydrogens is 110 g/mol. The van der Waals surface area contributed by atoms with Gasteiger partial charge in [-0.1, -0.05) is 12.0 Å². The number of aromatic nitrogens is 1. The molecule has 0 bridgehead atoms. The SMILES string of the molecule is [2H]C([2H])([2H])C#Cc1ccccn1. The molecule has 0 fully saturated rings. The molecule has 44 valence electrons. The van der Waals surface area contributed by atoms with Gasteiger partial charge < -0.3 is 0 Å². The molecule has 0 atom stereocenters. The maximum atomic E-state index is 6.81. The Hall–Kier alpha value is -1.29. The first-order valence-corrected chi connectivity index (χ1v) is 2.52. The maximum absolute atomic E-state index is 6.81. The van der Waals surface area contributed by atoms with Gasteiger partial charge in [0.2, 0.25) is 0 Å². The van der Waals surface area contributed by atoms with E-state index < -0.39 is 6.85 Å². The summed E-state index contributed by atoms with van der Waals surface area (Å²) in [5.74, 6) is 4.59. The first-order chi connectivity index (χ1) is 5.58. The quantitative estimate of drug-likeness (QED) is 0.472. The van der Waals surface area contributed by atoms with E-state index in [-0.39, 0.29) is 0 Å². The third kappa shape index (κ3) is 1.58. The van der Waals surface area contributed by atoms with E-state index in [0.717, 1.165) is 0 Å². The minimum Gasteiger partial charge on any atom is -0.248 e. The van der Waals surface area contributed by atoms with Gasteiger partial charge in [0.1, 0.15) is 5.69 Å². The van der Waals surface area contributed by atoms with Gasteiger partial charge in [-0.05, 0) is 24.9 Å². The Bertz CT molecular complexity index is 305. The van der Waals surface area contributed by atoms with E-state index in [1.807, 2.05) is 0 Å². The minimum absolute atomic E-state index is 0.480. The second-order valence-electron chi connectivity index (χ2n) is 1.46. The van der Waals surface area contributed by atoms with E-state index in [4.69, 9.17) is 4.11 Å². The van der Waals surface area contributed by atoms with Gasteiger partial charge in [-0.3, -0.25) is 0 Å². The van der Waals surface area contributed by atoms with Crippen molar-refractivity contribution in [3.05, 3.63) is 30.1 Å². The van der Waals surface area contributed by atoms with Crippen molar-refractivity contribution in [2.75, 3.05) is 0 Å². The third-order valence-corrected chi connectivity index (χ3v) is 0.855. The average molecular weight is 120 g/mol. The van der Waals surface area contributed by atoms with E-state index >= 15 is 0 Å². The minimum atomic E-state index is -2.20. The fourth-order valence-corrected chi connectivity index (χ4v) is 0.501. The Labute approximate surface area is 59.0 Å². The van der Waals surface area contributed by atoms with Gasteiger partial charge in [-0.2, -0.15) is 0 Å². The van der Waals surface area contributed by atoms with Crippen LogP contribution in [0, 0.1) is 11.8 Å². The van der Waals surface area contributed by atoms with Gasteiger partial charge in [0.05, 0.1) is 0 Å². The largest absolute Gasteiger partial charge is 0.248 e. The zero-order valence-corrected chi connectivity index (χ0v) is 4.76. The molecule has 0 saturated carbocycles. The molecule has 0 spiro atoms. The second-order valence-corrected chi connectivity index (χ2v) is 1.46. The normalized spacial score (nSPS) is 14.0. The first-order valence-electron chi connectivity index (χ1n) is 4.02. The lowest BCUT2D eigenvalue weighted by molar-refractivity contribution is 1.29. The van der Waals surface area contributed by atoms with Crippen LogP contribution in [0.25, 0.3) is 0 Å². The van der Waals surface area contributed by atoms with Crippen LogP contribution >= 0.6 is 0 Å². The predicted molar refractivity (Wildman–Crippen MR) is 36.8 cm³/mol. The second kappa shape index (κ2) is 2.88. The van der Waals surface area contributed by atoms with Crippen LogP contribution in [0.2, 0.25) is 0 Å². The van der Waals surface area contributed by atoms with Crippen molar-refractivity contribution >= 4 is 0 Å². The summed E-state index contributed by atoms with van der Waals surface area (Å²) >= 11 is 0. The van der Waals surface area contributed by atoms with Gasteiger partial charge in [0.15, 0.2) is 0 Å². The monoisotopic (exact) mass is 120 g/mol. The highest BCUT2D eigenvalue weighted by Crippen LogP contribution is 1.87. The zero-order chi connectivity index (χ0) is 9.03. The molecule has 0 aliphatic rings. The van der Waals surface area contributed by atoms with E-state index in [1.54, 1.807) is 24.4 Å². The van der Waals surface area contributed by atoms with Crippen LogP contribution in [0.4, 0.5) is 0 Å². The Morgan fingerprint density at radius 1 is 1.67 bits per heavy atom. The maximum Gasteiger partial charge on any atom is 0.113 e. The highest BCUT2D eigenvalue weighted by molar-refractivity contribution is 5.25. The van der Waals surface area contributed by atoms with Gasteiger partial charge in [-0.15, -0.1) is 0 Å². The molecule has 0 aliphatic carbocycles. The molecule has 0 aliphatic heterocycles. The Balaban J connectivity index is 2.81. The number of hydrogen-bond acceptors (Lipinski definition) is 1. The Morgan fingerprint density at radius 3 is 3.33 bits per heavy atom. The van der Waals surface area contributed by atoms with Crippen molar-refractivity contribution in [3.63, 3.8) is 0 Å². The van der Waals surface area contributed by atoms with Crippen molar-refractivity contribution in [2.45, 2.75) is 6.85 Å². The van der Waals surface area contributed by atoms with Crippen LogP contribution < -0.4 is 0 Å². The summed E-state index contributed by atoms with van der Waals surface area (Å²) in [6.07, 6.45) is 1.57. The van der Waals surface area contributed by atoms with E-state index in [9.17, 15) is 0 Å². The smallest absolute Gasteiger partial charge is 0.113 e. The fourth-order valence-electron chi connectivity index (χ4n) is 0.501. The summed E-state index contributed by atoms with van der Waals surface area (Å²) in [4.78, 5) is 3.86. The molecule has 0 amide bonds. The highest BCUT2D eigenvalue weighted by Gasteiger charge is 1.79. The lowest BCUT2D eigenvalue weighted by Crippen LogP contribution is -1.76. The topological polar surface area (TPSA) is 12.9 Å². The zero-order valence-electron chi connectivity index (χ0n) is 7.76. The molecule has 0 aromatic carbocycles. The highest BCUT2D eigenvalue weighted by atomic mass is 14.6. The third-order valence-electron chi connectivity index (χ3n) is 0.855. The number of nitrogens with zero attached hydrogens (tertiary/aromatic N) is 1. The summed E-state index contributed by atoms with van der Waals surface area (Å²) in [5, 5.41) is 0. The number of hydrogen-bond donors (Lipinski definition) is 0. The number of pyridine rings is 1. The lowest BCUT2D eigenvalue weighted by Gasteiger charge is -1.82. The molecule has 0 N–H and O–H groups in total. The molecule has 1 heterocycles. The summed E-state index contributed by atoms with van der Waals surface area (Å²) in [6, 6.07) is 5.18. The van der Waals surface area contributed by atoms with Crippen LogP contribution in [-0.2, 0) is 0 Å². The molecule has 1 aromatic rings. The summed E-state index contributed by atoms with van der Waals surface area (Å²) in [6.45, 7) is -2.20. The molecular formula is C8H7N. The van der Waals surface area contributed by atoms with E-state index in [1.165, 1.54) is 0 Å². The summed E-state index contributed by atoms with van der Waals surface area (Å²) in [7, 11) is 0. The van der Waals surface area contributed by atoms with Gasteiger partial charge in [-0.25, -0.2) is 4.98 Å². The van der Waals surface area contributed by atoms with E-state index in [0.29, 0.717) is 5.69 Å². The van der Waals surface area contributed by atoms with Crippen molar-refractivity contribution < 1.29 is 4.11 Å². The van der Waals surface area contributed by atoms with Crippen LogP contribution in [0.1, 0.15) is 16.7 Å². The van der Waals surface area contributed by atoms with Crippen LogP contribution in [0.5, 0.6) is 0 Å². The Morgan fingerprint density at radius 2 is 2.67 bits per heavy atom. The molecule has 9 heavy (non-hydrogen) atoms. The average Bonchev–Trinajstić information content (AvgIpc) is 2.02. The van der Waals surface area contributed by atoms with Crippen LogP contribution in [0.15, 0.2) is 24.4 Å². The Kier molecular flexibility index (Phi) is 0.970. The van der Waals surface area contributed by atoms with Crippen molar-refractivity contribution in [1.82, 2.24) is 4.98 Å². The number of rotatable bonds is 0. The molecule has 0 saturated heterocycles. The van der Waals surface area contributed by atoms with Crippen LogP contribution in [0.3, 0.4) is 0 Å². The molecule has 1 nitrogen and oxygen atoms in total. The summed E-state index contributed by atoms with van der Waals surface area (Å²) in [5.41, 5.74) is 0.480. The van der Waals surface area contributed by atoms with Gasteiger partial charge in [0, 0.05) is 10.3 Å². The van der Waals surface area contributed by atoms with Crippen LogP contribution in [-0.4, -0.2) is 4.98 Å². The first kappa shape index (κ1) is 3.03. The molecule has 1 heteroatoms.